The SMILES string of the molecule is [2H]c1c(CCC)cc(C)[nH]c1=O. The predicted molar refractivity (Wildman–Crippen MR) is 45.8 cm³/mol. The molecule has 60 valence electrons. The minimum absolute atomic E-state index is 0.113. The smallest absolute Gasteiger partial charge is 0.248 e. The van der Waals surface area contributed by atoms with Gasteiger partial charge in [0.05, 0.1) is 1.37 Å². The van der Waals surface area contributed by atoms with Crippen molar-refractivity contribution in [3.05, 3.63) is 33.7 Å². The molecule has 0 atom stereocenters. The van der Waals surface area contributed by atoms with Crippen LogP contribution in [0, 0.1) is 6.92 Å². The second-order valence-corrected chi connectivity index (χ2v) is 2.68. The van der Waals surface area contributed by atoms with Gasteiger partial charge in [-0.3, -0.25) is 4.79 Å². The van der Waals surface area contributed by atoms with Crippen molar-refractivity contribution in [2.75, 3.05) is 0 Å². The molecule has 0 fully saturated rings. The first-order valence-corrected chi connectivity index (χ1v) is 3.84. The summed E-state index contributed by atoms with van der Waals surface area (Å²) in [6, 6.07) is 1.98. The van der Waals surface area contributed by atoms with Crippen molar-refractivity contribution < 1.29 is 1.37 Å². The van der Waals surface area contributed by atoms with Crippen LogP contribution >= 0.6 is 0 Å². The van der Waals surface area contributed by atoms with E-state index in [-0.39, 0.29) is 11.6 Å². The first kappa shape index (κ1) is 6.65. The summed E-state index contributed by atoms with van der Waals surface area (Å²) in [7, 11) is 0. The average molecular weight is 152 g/mol. The van der Waals surface area contributed by atoms with Crippen molar-refractivity contribution in [1.29, 1.82) is 0 Å². The highest BCUT2D eigenvalue weighted by Gasteiger charge is 1.93. The number of hydrogen-bond donors (Lipinski definition) is 1. The molecule has 0 aromatic carbocycles. The first-order chi connectivity index (χ1) is 5.65. The lowest BCUT2D eigenvalue weighted by Gasteiger charge is -1.98. The Kier molecular flexibility index (Phi) is 2.04. The second kappa shape index (κ2) is 3.37. The fourth-order valence-electron chi connectivity index (χ4n) is 1.09. The number of H-pyrrole nitrogens is 1. The van der Waals surface area contributed by atoms with Crippen LogP contribution in [0.4, 0.5) is 0 Å². The summed E-state index contributed by atoms with van der Waals surface area (Å²) < 4.78 is 7.45. The topological polar surface area (TPSA) is 32.9 Å². The normalized spacial score (nSPS) is 11.3. The van der Waals surface area contributed by atoms with E-state index in [0.717, 1.165) is 24.1 Å². The predicted octanol–water partition coefficient (Wildman–Crippen LogP) is 1.64. The highest BCUT2D eigenvalue weighted by molar-refractivity contribution is 5.15. The Balaban J connectivity index is 3.18. The van der Waals surface area contributed by atoms with Crippen LogP contribution < -0.4 is 5.56 Å². The molecule has 1 rings (SSSR count). The summed E-state index contributed by atoms with van der Waals surface area (Å²) >= 11 is 0. The average Bonchev–Trinajstić information content (AvgIpc) is 2.00. The molecule has 0 saturated carbocycles. The minimum atomic E-state index is -0.279. The molecular weight excluding hydrogens is 138 g/mol. The van der Waals surface area contributed by atoms with Crippen molar-refractivity contribution in [3.8, 4) is 0 Å². The van der Waals surface area contributed by atoms with Crippen LogP contribution in [0.3, 0.4) is 0 Å². The molecule has 0 unspecified atom stereocenters. The van der Waals surface area contributed by atoms with Gasteiger partial charge in [-0.05, 0) is 25.0 Å². The first-order valence-electron chi connectivity index (χ1n) is 4.34. The zero-order valence-electron chi connectivity index (χ0n) is 7.90. The van der Waals surface area contributed by atoms with Crippen LogP contribution in [0.1, 0.15) is 26.0 Å². The van der Waals surface area contributed by atoms with Gasteiger partial charge in [-0.25, -0.2) is 0 Å². The summed E-state index contributed by atoms with van der Waals surface area (Å²) in [6.07, 6.45) is 1.78. The fraction of sp³-hybridized carbons (Fsp3) is 0.444. The van der Waals surface area contributed by atoms with Gasteiger partial charge < -0.3 is 4.98 Å². The van der Waals surface area contributed by atoms with Gasteiger partial charge in [0.2, 0.25) is 5.56 Å². The van der Waals surface area contributed by atoms with Gasteiger partial charge in [0.1, 0.15) is 0 Å². The molecule has 1 N–H and O–H groups in total. The monoisotopic (exact) mass is 152 g/mol. The number of pyridine rings is 1. The maximum Gasteiger partial charge on any atom is 0.248 e. The molecule has 0 saturated heterocycles. The standard InChI is InChI=1S/C9H13NO/c1-3-4-8-5-7(2)10-9(11)6-8/h5-6H,3-4H2,1-2H3,(H,10,11)/i6D. The summed E-state index contributed by atoms with van der Waals surface area (Å²) in [5, 5.41) is 0. The maximum atomic E-state index is 11.1. The molecule has 2 nitrogen and oxygen atoms in total. The van der Waals surface area contributed by atoms with Crippen molar-refractivity contribution in [2.45, 2.75) is 26.7 Å². The summed E-state index contributed by atoms with van der Waals surface area (Å²) in [5.74, 6) is 0. The molecule has 0 aliphatic rings. The van der Waals surface area contributed by atoms with E-state index in [0.29, 0.717) is 0 Å². The number of aryl methyl sites for hydroxylation is 2. The van der Waals surface area contributed by atoms with Gasteiger partial charge in [0.25, 0.3) is 0 Å². The van der Waals surface area contributed by atoms with E-state index in [4.69, 9.17) is 1.37 Å². The van der Waals surface area contributed by atoms with Gasteiger partial charge in [0, 0.05) is 11.7 Å². The molecule has 1 aromatic rings. The van der Waals surface area contributed by atoms with Crippen LogP contribution in [0.15, 0.2) is 16.9 Å². The quantitative estimate of drug-likeness (QED) is 0.686. The van der Waals surface area contributed by atoms with Crippen molar-refractivity contribution in [1.82, 2.24) is 4.98 Å². The van der Waals surface area contributed by atoms with Gasteiger partial charge in [-0.1, -0.05) is 13.3 Å². The largest absolute Gasteiger partial charge is 0.327 e. The molecule has 11 heavy (non-hydrogen) atoms. The zero-order valence-corrected chi connectivity index (χ0v) is 6.90. The Morgan fingerprint density at radius 2 is 2.45 bits per heavy atom. The number of hydrogen-bond acceptors (Lipinski definition) is 1. The Bertz CT molecular complexity index is 330. The van der Waals surface area contributed by atoms with Gasteiger partial charge in [-0.15, -0.1) is 0 Å². The summed E-state index contributed by atoms with van der Waals surface area (Å²) in [6.45, 7) is 3.87. The van der Waals surface area contributed by atoms with Gasteiger partial charge >= 0.3 is 0 Å². The number of rotatable bonds is 2. The van der Waals surface area contributed by atoms with E-state index in [2.05, 4.69) is 4.98 Å². The summed E-state index contributed by atoms with van der Waals surface area (Å²) in [5.41, 5.74) is 1.40. The third-order valence-electron chi connectivity index (χ3n) is 1.49. The van der Waals surface area contributed by atoms with E-state index in [1.165, 1.54) is 0 Å². The van der Waals surface area contributed by atoms with Crippen LogP contribution in [0.2, 0.25) is 0 Å². The molecular formula is C9H13NO. The Morgan fingerprint density at radius 1 is 1.73 bits per heavy atom. The third-order valence-corrected chi connectivity index (χ3v) is 1.49. The van der Waals surface area contributed by atoms with E-state index < -0.39 is 0 Å². The molecule has 2 heteroatoms. The Labute approximate surface area is 67.7 Å². The van der Waals surface area contributed by atoms with Crippen LogP contribution in [0.5, 0.6) is 0 Å². The molecule has 0 amide bonds. The van der Waals surface area contributed by atoms with Crippen LogP contribution in [0.25, 0.3) is 0 Å². The molecule has 0 aliphatic heterocycles. The molecule has 0 radical (unpaired) electrons. The Hall–Kier alpha value is -1.05. The van der Waals surface area contributed by atoms with Crippen molar-refractivity contribution in [3.63, 3.8) is 0 Å². The summed E-state index contributed by atoms with van der Waals surface area (Å²) in [4.78, 5) is 13.7. The molecule has 0 spiro atoms. The lowest BCUT2D eigenvalue weighted by molar-refractivity contribution is 0.910. The van der Waals surface area contributed by atoms with E-state index in [9.17, 15) is 4.79 Å². The number of nitrogens with one attached hydrogen (secondary N) is 1. The third kappa shape index (κ3) is 2.22. The Morgan fingerprint density at radius 3 is 3.09 bits per heavy atom. The highest BCUT2D eigenvalue weighted by Crippen LogP contribution is 2.00. The van der Waals surface area contributed by atoms with E-state index >= 15 is 0 Å². The lowest BCUT2D eigenvalue weighted by atomic mass is 10.1. The number of aromatic amines is 1. The van der Waals surface area contributed by atoms with Crippen molar-refractivity contribution >= 4 is 0 Å². The highest BCUT2D eigenvalue weighted by atomic mass is 16.1. The van der Waals surface area contributed by atoms with Gasteiger partial charge in [0.15, 0.2) is 0 Å². The molecule has 0 bridgehead atoms. The molecule has 1 aromatic heterocycles. The lowest BCUT2D eigenvalue weighted by Crippen LogP contribution is -2.06. The van der Waals surface area contributed by atoms with Crippen LogP contribution in [-0.2, 0) is 6.42 Å². The maximum absolute atomic E-state index is 11.1. The second-order valence-electron chi connectivity index (χ2n) is 2.68. The van der Waals surface area contributed by atoms with E-state index in [1.807, 2.05) is 19.9 Å². The fourth-order valence-corrected chi connectivity index (χ4v) is 1.09. The molecule has 1 heterocycles. The molecule has 0 aliphatic carbocycles. The number of aromatic nitrogens is 1. The van der Waals surface area contributed by atoms with Gasteiger partial charge in [-0.2, -0.15) is 0 Å². The van der Waals surface area contributed by atoms with Crippen LogP contribution in [-0.4, -0.2) is 4.98 Å². The van der Waals surface area contributed by atoms with E-state index in [1.54, 1.807) is 0 Å². The van der Waals surface area contributed by atoms with Crippen molar-refractivity contribution in [2.24, 2.45) is 0 Å². The zero-order chi connectivity index (χ0) is 9.14. The minimum Gasteiger partial charge on any atom is -0.327 e.